The number of carboxylic acid groups (broad SMARTS) is 1. The Morgan fingerprint density at radius 1 is 1.17 bits per heavy atom. The van der Waals surface area contributed by atoms with E-state index >= 15 is 0 Å². The fraction of sp³-hybridized carbons (Fsp3) is 0.150. The van der Waals surface area contributed by atoms with Gasteiger partial charge in [0.15, 0.2) is 5.78 Å². The average Bonchev–Trinajstić information content (AvgIpc) is 2.69. The number of benzene rings is 2. The van der Waals surface area contributed by atoms with Crippen LogP contribution in [0.3, 0.4) is 0 Å². The summed E-state index contributed by atoms with van der Waals surface area (Å²) in [6, 6.07) is 10.1. The molecule has 0 unspecified atom stereocenters. The first kappa shape index (κ1) is 23.0. The number of amides is 1. The fourth-order valence-corrected chi connectivity index (χ4v) is 3.00. The van der Waals surface area contributed by atoms with Crippen LogP contribution in [0.2, 0.25) is 0 Å². The predicted octanol–water partition coefficient (Wildman–Crippen LogP) is 4.27. The average molecular weight is 439 g/mol. The van der Waals surface area contributed by atoms with Crippen LogP contribution < -0.4 is 10.1 Å². The van der Waals surface area contributed by atoms with Crippen LogP contribution in [0, 0.1) is 0 Å². The van der Waals surface area contributed by atoms with Gasteiger partial charge in [-0.2, -0.15) is 13.2 Å². The van der Waals surface area contributed by atoms with Gasteiger partial charge in [0.1, 0.15) is 5.75 Å². The second kappa shape index (κ2) is 9.97. The molecule has 30 heavy (non-hydrogen) atoms. The smallest absolute Gasteiger partial charge is 0.471 e. The van der Waals surface area contributed by atoms with Gasteiger partial charge in [-0.05, 0) is 42.0 Å². The number of anilines is 1. The highest BCUT2D eigenvalue weighted by Gasteiger charge is 2.38. The number of thioether (sulfide) groups is 1. The lowest BCUT2D eigenvalue weighted by Gasteiger charge is -2.09. The van der Waals surface area contributed by atoms with Crippen LogP contribution in [0.15, 0.2) is 53.4 Å². The Balaban J connectivity index is 2.13. The number of hydrogen-bond donors (Lipinski definition) is 2. The third-order valence-electron chi connectivity index (χ3n) is 3.63. The SMILES string of the molecule is COc1cc(C(=O)/C=C\c2cccc(NC(=O)C(F)(F)F)c2)ccc1SCC(=O)O. The number of carbonyl (C=O) groups is 3. The zero-order chi connectivity index (χ0) is 22.3. The number of hydrogen-bond acceptors (Lipinski definition) is 5. The van der Waals surface area contributed by atoms with Gasteiger partial charge in [0.2, 0.25) is 0 Å². The molecule has 0 aromatic heterocycles. The summed E-state index contributed by atoms with van der Waals surface area (Å²) in [5.41, 5.74) is 0.627. The molecule has 0 heterocycles. The minimum atomic E-state index is -5.00. The standard InChI is InChI=1S/C20H16F3NO5S/c1-29-16-10-13(6-8-17(16)30-11-18(26)27)15(25)7-5-12-3-2-4-14(9-12)24-19(28)20(21,22)23/h2-10H,11H2,1H3,(H,24,28)(H,26,27)/b7-5-. The molecule has 1 amide bonds. The van der Waals surface area contributed by atoms with Gasteiger partial charge in [0.25, 0.3) is 0 Å². The zero-order valence-corrected chi connectivity index (χ0v) is 16.3. The van der Waals surface area contributed by atoms with E-state index in [0.29, 0.717) is 16.2 Å². The molecule has 0 aliphatic rings. The zero-order valence-electron chi connectivity index (χ0n) is 15.5. The molecule has 0 atom stereocenters. The third-order valence-corrected chi connectivity index (χ3v) is 4.67. The number of rotatable bonds is 8. The highest BCUT2D eigenvalue weighted by atomic mass is 32.2. The van der Waals surface area contributed by atoms with E-state index in [4.69, 9.17) is 9.84 Å². The normalized spacial score (nSPS) is 11.3. The summed E-state index contributed by atoms with van der Waals surface area (Å²) >= 11 is 1.05. The number of nitrogens with one attached hydrogen (secondary N) is 1. The molecule has 0 aliphatic heterocycles. The Hall–Kier alpha value is -3.27. The van der Waals surface area contributed by atoms with Crippen molar-refractivity contribution < 1.29 is 37.4 Å². The third kappa shape index (κ3) is 6.66. The number of alkyl halides is 3. The molecule has 158 valence electrons. The first-order valence-electron chi connectivity index (χ1n) is 8.33. The summed E-state index contributed by atoms with van der Waals surface area (Å²) in [7, 11) is 1.39. The van der Waals surface area contributed by atoms with E-state index in [-0.39, 0.29) is 17.0 Å². The summed E-state index contributed by atoms with van der Waals surface area (Å²) in [6.07, 6.45) is -2.38. The van der Waals surface area contributed by atoms with Gasteiger partial charge in [-0.3, -0.25) is 14.4 Å². The molecule has 0 fully saturated rings. The number of ether oxygens (including phenoxy) is 1. The van der Waals surface area contributed by atoms with Crippen LogP contribution in [0.1, 0.15) is 15.9 Å². The molecular weight excluding hydrogens is 423 g/mol. The van der Waals surface area contributed by atoms with Crippen molar-refractivity contribution in [3.63, 3.8) is 0 Å². The molecule has 0 saturated heterocycles. The molecule has 2 N–H and O–H groups in total. The number of aliphatic carboxylic acids is 1. The monoisotopic (exact) mass is 439 g/mol. The highest BCUT2D eigenvalue weighted by Crippen LogP contribution is 2.30. The van der Waals surface area contributed by atoms with Gasteiger partial charge in [-0.25, -0.2) is 0 Å². The Labute approximate surface area is 173 Å². The van der Waals surface area contributed by atoms with Crippen LogP contribution in [0.25, 0.3) is 6.08 Å². The minimum absolute atomic E-state index is 0.0617. The lowest BCUT2D eigenvalue weighted by atomic mass is 10.1. The van der Waals surface area contributed by atoms with E-state index in [0.717, 1.165) is 11.8 Å². The summed E-state index contributed by atoms with van der Waals surface area (Å²) < 4.78 is 42.2. The van der Waals surface area contributed by atoms with E-state index in [1.165, 1.54) is 49.6 Å². The molecule has 0 aliphatic carbocycles. The summed E-state index contributed by atoms with van der Waals surface area (Å²) in [5.74, 6) is -3.29. The molecule has 6 nitrogen and oxygen atoms in total. The van der Waals surface area contributed by atoms with Crippen molar-refractivity contribution in [3.05, 3.63) is 59.7 Å². The highest BCUT2D eigenvalue weighted by molar-refractivity contribution is 8.00. The predicted molar refractivity (Wildman–Crippen MR) is 106 cm³/mol. The van der Waals surface area contributed by atoms with Crippen molar-refractivity contribution in [2.45, 2.75) is 11.1 Å². The maximum atomic E-state index is 12.4. The number of halogens is 3. The van der Waals surface area contributed by atoms with Gasteiger partial charge < -0.3 is 15.2 Å². The first-order valence-corrected chi connectivity index (χ1v) is 9.32. The maximum Gasteiger partial charge on any atom is 0.471 e. The van der Waals surface area contributed by atoms with E-state index in [1.807, 2.05) is 0 Å². The van der Waals surface area contributed by atoms with Gasteiger partial charge in [-0.15, -0.1) is 11.8 Å². The van der Waals surface area contributed by atoms with Crippen molar-refractivity contribution in [2.75, 3.05) is 18.2 Å². The summed E-state index contributed by atoms with van der Waals surface area (Å²) in [5, 5.41) is 10.5. The Morgan fingerprint density at radius 2 is 1.90 bits per heavy atom. The topological polar surface area (TPSA) is 92.7 Å². The van der Waals surface area contributed by atoms with Gasteiger partial charge >= 0.3 is 18.1 Å². The van der Waals surface area contributed by atoms with Crippen LogP contribution in [-0.4, -0.2) is 41.8 Å². The van der Waals surface area contributed by atoms with E-state index in [1.54, 1.807) is 17.4 Å². The van der Waals surface area contributed by atoms with Crippen LogP contribution in [0.4, 0.5) is 18.9 Å². The molecule has 2 rings (SSSR count). The molecule has 0 radical (unpaired) electrons. The number of ketones is 1. The van der Waals surface area contributed by atoms with E-state index in [9.17, 15) is 27.6 Å². The van der Waals surface area contributed by atoms with Gasteiger partial charge in [0.05, 0.1) is 12.9 Å². The minimum Gasteiger partial charge on any atom is -0.496 e. The molecule has 0 saturated carbocycles. The Bertz CT molecular complexity index is 989. The molecule has 10 heteroatoms. The van der Waals surface area contributed by atoms with E-state index in [2.05, 4.69) is 0 Å². The maximum absolute atomic E-state index is 12.4. The number of carboxylic acids is 1. The van der Waals surface area contributed by atoms with Crippen molar-refractivity contribution in [1.29, 1.82) is 0 Å². The molecule has 0 spiro atoms. The van der Waals surface area contributed by atoms with Crippen LogP contribution in [0.5, 0.6) is 5.75 Å². The number of methoxy groups -OCH3 is 1. The number of allylic oxidation sites excluding steroid dienone is 1. The van der Waals surface area contributed by atoms with Crippen molar-refractivity contribution in [1.82, 2.24) is 0 Å². The lowest BCUT2D eigenvalue weighted by Crippen LogP contribution is -2.29. The van der Waals surface area contributed by atoms with Crippen LogP contribution >= 0.6 is 11.8 Å². The van der Waals surface area contributed by atoms with Crippen molar-refractivity contribution in [3.8, 4) is 5.75 Å². The van der Waals surface area contributed by atoms with Crippen molar-refractivity contribution in [2.24, 2.45) is 0 Å². The molecule has 2 aromatic carbocycles. The quantitative estimate of drug-likeness (QED) is 0.363. The largest absolute Gasteiger partial charge is 0.496 e. The van der Waals surface area contributed by atoms with Gasteiger partial charge in [0, 0.05) is 16.1 Å². The van der Waals surface area contributed by atoms with E-state index < -0.39 is 23.8 Å². The molecule has 0 bridgehead atoms. The lowest BCUT2D eigenvalue weighted by molar-refractivity contribution is -0.167. The Kier molecular flexibility index (Phi) is 7.65. The van der Waals surface area contributed by atoms with Gasteiger partial charge in [-0.1, -0.05) is 18.2 Å². The second-order valence-corrected chi connectivity index (χ2v) is 6.84. The summed E-state index contributed by atoms with van der Waals surface area (Å²) in [6.45, 7) is 0. The second-order valence-electron chi connectivity index (χ2n) is 5.82. The van der Waals surface area contributed by atoms with Crippen LogP contribution in [-0.2, 0) is 9.59 Å². The Morgan fingerprint density at radius 3 is 2.53 bits per heavy atom. The fourth-order valence-electron chi connectivity index (χ4n) is 2.27. The first-order chi connectivity index (χ1) is 14.1. The summed E-state index contributed by atoms with van der Waals surface area (Å²) in [4.78, 5) is 34.7. The van der Waals surface area contributed by atoms with Crippen molar-refractivity contribution >= 4 is 41.2 Å². The molecular formula is C20H16F3NO5S. The number of carbonyl (C=O) groups excluding carboxylic acids is 2. The molecule has 2 aromatic rings.